The first-order valence-electron chi connectivity index (χ1n) is 6.67. The third-order valence-corrected chi connectivity index (χ3v) is 3.04. The number of nitrogens with zero attached hydrogens (tertiary/aromatic N) is 1. The highest BCUT2D eigenvalue weighted by Crippen LogP contribution is 2.32. The third kappa shape index (κ3) is 2.89. The first kappa shape index (κ1) is 13.5. The topological polar surface area (TPSA) is 53.7 Å². The summed E-state index contributed by atoms with van der Waals surface area (Å²) in [7, 11) is 0. The van der Waals surface area contributed by atoms with E-state index in [-0.39, 0.29) is 11.4 Å². The molecule has 0 amide bonds. The summed E-state index contributed by atoms with van der Waals surface area (Å²) in [6.07, 6.45) is 1.99. The maximum atomic E-state index is 11.3. The fourth-order valence-corrected chi connectivity index (χ4v) is 2.24. The molecule has 2 aromatic rings. The molecule has 0 bridgehead atoms. The second-order valence-corrected chi connectivity index (χ2v) is 4.62. The van der Waals surface area contributed by atoms with Crippen molar-refractivity contribution in [1.29, 1.82) is 0 Å². The molecular formula is C15H19NO3. The number of hydrogen-bond donors (Lipinski definition) is 1. The molecule has 1 aromatic carbocycles. The SMILES string of the molecule is CCCN(CCC)c1cc2oc(=O)ccc2cc1O. The van der Waals surface area contributed by atoms with Gasteiger partial charge in [-0.25, -0.2) is 4.79 Å². The van der Waals surface area contributed by atoms with Crippen LogP contribution in [0.4, 0.5) is 5.69 Å². The van der Waals surface area contributed by atoms with Gasteiger partial charge in [-0.15, -0.1) is 0 Å². The van der Waals surface area contributed by atoms with Crippen molar-refractivity contribution in [3.05, 3.63) is 34.7 Å². The van der Waals surface area contributed by atoms with Gasteiger partial charge in [0.05, 0.1) is 5.69 Å². The highest BCUT2D eigenvalue weighted by Gasteiger charge is 2.12. The van der Waals surface area contributed by atoms with Crippen LogP contribution in [0.5, 0.6) is 5.75 Å². The van der Waals surface area contributed by atoms with Crippen LogP contribution in [-0.4, -0.2) is 18.2 Å². The van der Waals surface area contributed by atoms with E-state index in [0.717, 1.165) is 37.0 Å². The Hall–Kier alpha value is -1.97. The second-order valence-electron chi connectivity index (χ2n) is 4.62. The summed E-state index contributed by atoms with van der Waals surface area (Å²) in [5, 5.41) is 10.9. The molecule has 0 fully saturated rings. The Morgan fingerprint density at radius 1 is 1.16 bits per heavy atom. The Bertz CT molecular complexity index is 612. The van der Waals surface area contributed by atoms with Crippen LogP contribution in [0.25, 0.3) is 11.0 Å². The predicted molar refractivity (Wildman–Crippen MR) is 76.9 cm³/mol. The van der Waals surface area contributed by atoms with Gasteiger partial charge in [-0.05, 0) is 25.0 Å². The highest BCUT2D eigenvalue weighted by molar-refractivity contribution is 5.84. The number of phenolic OH excluding ortho intramolecular Hbond substituents is 1. The number of rotatable bonds is 5. The fourth-order valence-electron chi connectivity index (χ4n) is 2.24. The lowest BCUT2D eigenvalue weighted by atomic mass is 10.1. The van der Waals surface area contributed by atoms with Crippen molar-refractivity contribution in [1.82, 2.24) is 0 Å². The number of aromatic hydroxyl groups is 1. The van der Waals surface area contributed by atoms with E-state index in [1.807, 2.05) is 0 Å². The number of fused-ring (bicyclic) bond motifs is 1. The molecule has 1 aromatic heterocycles. The first-order chi connectivity index (χ1) is 9.15. The molecular weight excluding hydrogens is 242 g/mol. The number of benzene rings is 1. The summed E-state index contributed by atoms with van der Waals surface area (Å²) in [5.74, 6) is 0.225. The van der Waals surface area contributed by atoms with Crippen LogP contribution in [0, 0.1) is 0 Å². The Morgan fingerprint density at radius 3 is 2.47 bits per heavy atom. The lowest BCUT2D eigenvalue weighted by molar-refractivity contribution is 0.473. The Balaban J connectivity index is 2.51. The normalized spacial score (nSPS) is 10.8. The Morgan fingerprint density at radius 2 is 1.84 bits per heavy atom. The van der Waals surface area contributed by atoms with Gasteiger partial charge in [0.2, 0.25) is 0 Å². The van der Waals surface area contributed by atoms with E-state index in [2.05, 4.69) is 18.7 Å². The predicted octanol–water partition coefficient (Wildman–Crippen LogP) is 3.13. The molecule has 19 heavy (non-hydrogen) atoms. The Kier molecular flexibility index (Phi) is 4.10. The van der Waals surface area contributed by atoms with Gasteiger partial charge in [0.25, 0.3) is 0 Å². The van der Waals surface area contributed by atoms with E-state index in [0.29, 0.717) is 5.58 Å². The lowest BCUT2D eigenvalue weighted by Crippen LogP contribution is -2.24. The summed E-state index contributed by atoms with van der Waals surface area (Å²) in [5.41, 5.74) is 0.865. The molecule has 0 spiro atoms. The van der Waals surface area contributed by atoms with Crippen LogP contribution >= 0.6 is 0 Å². The molecule has 102 valence electrons. The average molecular weight is 261 g/mol. The van der Waals surface area contributed by atoms with E-state index in [9.17, 15) is 9.90 Å². The standard InChI is InChI=1S/C15H19NO3/c1-3-7-16(8-4-2)12-10-14-11(9-13(12)17)5-6-15(18)19-14/h5-6,9-10,17H,3-4,7-8H2,1-2H3. The zero-order valence-electron chi connectivity index (χ0n) is 11.3. The van der Waals surface area contributed by atoms with Gasteiger partial charge < -0.3 is 14.4 Å². The molecule has 0 saturated heterocycles. The van der Waals surface area contributed by atoms with E-state index < -0.39 is 0 Å². The molecule has 1 N–H and O–H groups in total. The molecule has 0 atom stereocenters. The molecule has 4 heteroatoms. The van der Waals surface area contributed by atoms with Crippen LogP contribution in [0.2, 0.25) is 0 Å². The van der Waals surface area contributed by atoms with Crippen LogP contribution in [-0.2, 0) is 0 Å². The molecule has 0 saturated carbocycles. The first-order valence-corrected chi connectivity index (χ1v) is 6.67. The summed E-state index contributed by atoms with van der Waals surface area (Å²) >= 11 is 0. The van der Waals surface area contributed by atoms with Crippen molar-refractivity contribution >= 4 is 16.7 Å². The molecule has 0 aliphatic rings. The number of hydrogen-bond acceptors (Lipinski definition) is 4. The molecule has 2 rings (SSSR count). The van der Waals surface area contributed by atoms with Crippen molar-refractivity contribution < 1.29 is 9.52 Å². The van der Waals surface area contributed by atoms with E-state index in [1.165, 1.54) is 6.07 Å². The average Bonchev–Trinajstić information content (AvgIpc) is 2.38. The van der Waals surface area contributed by atoms with Crippen molar-refractivity contribution in [3.8, 4) is 5.75 Å². The zero-order chi connectivity index (χ0) is 13.8. The third-order valence-electron chi connectivity index (χ3n) is 3.04. The summed E-state index contributed by atoms with van der Waals surface area (Å²) < 4.78 is 5.17. The van der Waals surface area contributed by atoms with Gasteiger partial charge >= 0.3 is 5.63 Å². The van der Waals surface area contributed by atoms with E-state index >= 15 is 0 Å². The molecule has 4 nitrogen and oxygen atoms in total. The van der Waals surface area contributed by atoms with Gasteiger partial charge in [0.1, 0.15) is 11.3 Å². The van der Waals surface area contributed by atoms with Crippen LogP contribution < -0.4 is 10.5 Å². The quantitative estimate of drug-likeness (QED) is 0.840. The minimum absolute atomic E-state index is 0.225. The van der Waals surface area contributed by atoms with Crippen LogP contribution in [0.15, 0.2) is 33.5 Å². The number of phenols is 1. The maximum Gasteiger partial charge on any atom is 0.336 e. The van der Waals surface area contributed by atoms with Gasteiger partial charge in [0.15, 0.2) is 0 Å². The minimum atomic E-state index is -0.373. The Labute approximate surface area is 112 Å². The molecule has 0 aliphatic heterocycles. The zero-order valence-corrected chi connectivity index (χ0v) is 11.3. The van der Waals surface area contributed by atoms with Crippen molar-refractivity contribution in [2.45, 2.75) is 26.7 Å². The smallest absolute Gasteiger partial charge is 0.336 e. The van der Waals surface area contributed by atoms with Crippen molar-refractivity contribution in [3.63, 3.8) is 0 Å². The lowest BCUT2D eigenvalue weighted by Gasteiger charge is -2.24. The minimum Gasteiger partial charge on any atom is -0.506 e. The number of anilines is 1. The van der Waals surface area contributed by atoms with Gasteiger partial charge in [-0.3, -0.25) is 0 Å². The second kappa shape index (κ2) is 5.78. The molecule has 1 heterocycles. The molecule has 0 aliphatic carbocycles. The van der Waals surface area contributed by atoms with Gasteiger partial charge in [-0.1, -0.05) is 13.8 Å². The van der Waals surface area contributed by atoms with E-state index in [4.69, 9.17) is 4.42 Å². The van der Waals surface area contributed by atoms with Crippen LogP contribution in [0.1, 0.15) is 26.7 Å². The largest absolute Gasteiger partial charge is 0.506 e. The monoisotopic (exact) mass is 261 g/mol. The van der Waals surface area contributed by atoms with E-state index in [1.54, 1.807) is 18.2 Å². The van der Waals surface area contributed by atoms with Crippen LogP contribution in [0.3, 0.4) is 0 Å². The van der Waals surface area contributed by atoms with Crippen molar-refractivity contribution in [2.24, 2.45) is 0 Å². The summed E-state index contributed by atoms with van der Waals surface area (Å²) in [4.78, 5) is 13.4. The summed E-state index contributed by atoms with van der Waals surface area (Å²) in [6, 6.07) is 6.41. The highest BCUT2D eigenvalue weighted by atomic mass is 16.4. The fraction of sp³-hybridized carbons (Fsp3) is 0.400. The summed E-state index contributed by atoms with van der Waals surface area (Å²) in [6.45, 7) is 5.93. The van der Waals surface area contributed by atoms with Gasteiger partial charge in [-0.2, -0.15) is 0 Å². The molecule has 0 unspecified atom stereocenters. The maximum absolute atomic E-state index is 11.3. The van der Waals surface area contributed by atoms with Crippen molar-refractivity contribution in [2.75, 3.05) is 18.0 Å². The molecule has 0 radical (unpaired) electrons. The van der Waals surface area contributed by atoms with Gasteiger partial charge in [0, 0.05) is 30.6 Å².